The molecule has 2 heterocycles. The zero-order valence-electron chi connectivity index (χ0n) is 15.4. The van der Waals surface area contributed by atoms with Gasteiger partial charge in [-0.1, -0.05) is 0 Å². The Labute approximate surface area is 157 Å². The molecule has 1 aromatic rings. The van der Waals surface area contributed by atoms with Crippen molar-refractivity contribution >= 4 is 23.7 Å². The molecular weight excluding hydrogens is 354 g/mol. The minimum absolute atomic E-state index is 0.124. The number of amides is 3. The number of hydrazine groups is 1. The third kappa shape index (κ3) is 6.12. The van der Waals surface area contributed by atoms with Crippen molar-refractivity contribution in [3.05, 3.63) is 24.2 Å². The highest BCUT2D eigenvalue weighted by Gasteiger charge is 2.30. The largest absolute Gasteiger partial charge is 0.466 e. The van der Waals surface area contributed by atoms with Gasteiger partial charge in [-0.05, 0) is 38.3 Å². The topological polar surface area (TPSA) is 109 Å². The van der Waals surface area contributed by atoms with Gasteiger partial charge in [-0.3, -0.25) is 24.2 Å². The van der Waals surface area contributed by atoms with Crippen molar-refractivity contribution in [2.45, 2.75) is 39.0 Å². The number of rotatable bonds is 9. The average molecular weight is 379 g/mol. The van der Waals surface area contributed by atoms with Crippen LogP contribution < -0.4 is 5.32 Å². The zero-order valence-corrected chi connectivity index (χ0v) is 15.4. The number of ether oxygens (including phenoxy) is 1. The van der Waals surface area contributed by atoms with Crippen molar-refractivity contribution in [2.75, 3.05) is 26.2 Å². The van der Waals surface area contributed by atoms with Crippen LogP contribution in [0.2, 0.25) is 0 Å². The highest BCUT2D eigenvalue weighted by atomic mass is 16.5. The van der Waals surface area contributed by atoms with Crippen molar-refractivity contribution in [2.24, 2.45) is 0 Å². The van der Waals surface area contributed by atoms with Gasteiger partial charge < -0.3 is 14.5 Å². The van der Waals surface area contributed by atoms with Crippen molar-refractivity contribution in [3.63, 3.8) is 0 Å². The summed E-state index contributed by atoms with van der Waals surface area (Å²) in [6.45, 7) is 2.78. The van der Waals surface area contributed by atoms with Gasteiger partial charge in [0.2, 0.25) is 5.91 Å². The number of carbonyl (C=O) groups excluding carboxylic acids is 4. The summed E-state index contributed by atoms with van der Waals surface area (Å²) < 4.78 is 9.81. The fourth-order valence-electron chi connectivity index (χ4n) is 2.78. The highest BCUT2D eigenvalue weighted by molar-refractivity contribution is 5.94. The highest BCUT2D eigenvalue weighted by Crippen LogP contribution is 2.14. The maximum atomic E-state index is 12.4. The van der Waals surface area contributed by atoms with E-state index in [0.29, 0.717) is 39.0 Å². The molecule has 0 radical (unpaired) electrons. The van der Waals surface area contributed by atoms with Crippen LogP contribution in [0.3, 0.4) is 0 Å². The molecule has 2 rings (SSSR count). The second-order valence-electron chi connectivity index (χ2n) is 6.06. The average Bonchev–Trinajstić information content (AvgIpc) is 3.34. The normalized spacial score (nSPS) is 13.5. The Morgan fingerprint density at radius 2 is 1.81 bits per heavy atom. The van der Waals surface area contributed by atoms with Crippen LogP contribution in [-0.2, 0) is 19.1 Å². The molecule has 1 aromatic heterocycles. The number of unbranched alkanes of at least 4 members (excludes halogenated alkanes) is 1. The molecule has 1 fully saturated rings. The van der Waals surface area contributed by atoms with E-state index in [1.807, 2.05) is 0 Å². The van der Waals surface area contributed by atoms with Gasteiger partial charge in [-0.15, -0.1) is 0 Å². The lowest BCUT2D eigenvalue weighted by atomic mass is 10.2. The molecule has 3 amide bonds. The molecule has 148 valence electrons. The van der Waals surface area contributed by atoms with Crippen LogP contribution in [0.4, 0.5) is 0 Å². The van der Waals surface area contributed by atoms with Gasteiger partial charge in [0, 0.05) is 25.9 Å². The number of carbonyl (C=O) groups is 4. The molecule has 27 heavy (non-hydrogen) atoms. The van der Waals surface area contributed by atoms with Crippen molar-refractivity contribution in [1.29, 1.82) is 0 Å². The molecule has 0 bridgehead atoms. The molecule has 0 atom stereocenters. The second-order valence-corrected chi connectivity index (χ2v) is 6.06. The molecule has 0 saturated carbocycles. The van der Waals surface area contributed by atoms with E-state index in [1.165, 1.54) is 22.3 Å². The van der Waals surface area contributed by atoms with E-state index < -0.39 is 5.91 Å². The summed E-state index contributed by atoms with van der Waals surface area (Å²) in [6.07, 6.45) is 3.70. The first kappa shape index (κ1) is 20.5. The van der Waals surface area contributed by atoms with E-state index in [-0.39, 0.29) is 42.9 Å². The predicted octanol–water partition coefficient (Wildman–Crippen LogP) is 1.11. The minimum Gasteiger partial charge on any atom is -0.466 e. The van der Waals surface area contributed by atoms with Crippen LogP contribution in [0.25, 0.3) is 0 Å². The van der Waals surface area contributed by atoms with Crippen LogP contribution in [0.1, 0.15) is 49.6 Å². The minimum atomic E-state index is -0.482. The van der Waals surface area contributed by atoms with E-state index in [9.17, 15) is 19.2 Å². The Hall–Kier alpha value is -2.84. The van der Waals surface area contributed by atoms with Crippen LogP contribution in [0.5, 0.6) is 0 Å². The van der Waals surface area contributed by atoms with Crippen LogP contribution in [0, 0.1) is 0 Å². The zero-order chi connectivity index (χ0) is 19.6. The molecule has 0 unspecified atom stereocenters. The molecule has 1 aliphatic heterocycles. The number of hydrogen-bond donors (Lipinski definition) is 1. The summed E-state index contributed by atoms with van der Waals surface area (Å²) in [5.74, 6) is -1.15. The summed E-state index contributed by atoms with van der Waals surface area (Å²) in [4.78, 5) is 47.8. The van der Waals surface area contributed by atoms with E-state index >= 15 is 0 Å². The van der Waals surface area contributed by atoms with Gasteiger partial charge in [0.05, 0.1) is 19.4 Å². The molecule has 1 saturated heterocycles. The third-order valence-corrected chi connectivity index (χ3v) is 4.08. The first-order valence-electron chi connectivity index (χ1n) is 9.11. The lowest BCUT2D eigenvalue weighted by molar-refractivity contribution is -0.157. The molecule has 0 aromatic carbocycles. The molecule has 9 nitrogen and oxygen atoms in total. The van der Waals surface area contributed by atoms with Crippen molar-refractivity contribution in [1.82, 2.24) is 15.3 Å². The first-order chi connectivity index (χ1) is 13.0. The van der Waals surface area contributed by atoms with E-state index in [0.717, 1.165) is 0 Å². The van der Waals surface area contributed by atoms with Crippen molar-refractivity contribution < 1.29 is 28.3 Å². The number of esters is 1. The Kier molecular flexibility index (Phi) is 7.84. The fourth-order valence-corrected chi connectivity index (χ4v) is 2.78. The molecule has 1 N–H and O–H groups in total. The van der Waals surface area contributed by atoms with Gasteiger partial charge in [-0.2, -0.15) is 0 Å². The Morgan fingerprint density at radius 3 is 2.48 bits per heavy atom. The predicted molar refractivity (Wildman–Crippen MR) is 94.2 cm³/mol. The van der Waals surface area contributed by atoms with Crippen LogP contribution in [-0.4, -0.2) is 59.9 Å². The van der Waals surface area contributed by atoms with Crippen LogP contribution >= 0.6 is 0 Å². The van der Waals surface area contributed by atoms with E-state index in [2.05, 4.69) is 5.32 Å². The summed E-state index contributed by atoms with van der Waals surface area (Å²) in [5, 5.41) is 5.28. The quantitative estimate of drug-likeness (QED) is 0.508. The summed E-state index contributed by atoms with van der Waals surface area (Å²) >= 11 is 0. The Balaban J connectivity index is 1.74. The van der Waals surface area contributed by atoms with E-state index in [1.54, 1.807) is 13.0 Å². The molecular formula is C18H25N3O6. The molecule has 0 aliphatic carbocycles. The maximum absolute atomic E-state index is 12.4. The summed E-state index contributed by atoms with van der Waals surface area (Å²) in [5.41, 5.74) is 0. The van der Waals surface area contributed by atoms with Gasteiger partial charge >= 0.3 is 5.97 Å². The summed E-state index contributed by atoms with van der Waals surface area (Å²) in [6, 6.07) is 3.08. The SMILES string of the molecule is CCOC(=O)CCCCC(=O)N1CCCN1C(=O)CNC(=O)c1ccco1. The maximum Gasteiger partial charge on any atom is 0.305 e. The van der Waals surface area contributed by atoms with Gasteiger partial charge in [0.25, 0.3) is 11.8 Å². The van der Waals surface area contributed by atoms with Gasteiger partial charge in [0.15, 0.2) is 5.76 Å². The standard InChI is InChI=1S/C18H25N3O6/c1-2-26-17(24)9-4-3-8-15(22)20-10-6-11-21(20)16(23)13-19-18(25)14-7-5-12-27-14/h5,7,12H,2-4,6,8-11,13H2,1H3,(H,19,25). The Morgan fingerprint density at radius 1 is 1.11 bits per heavy atom. The number of hydrogen-bond acceptors (Lipinski definition) is 6. The number of nitrogens with one attached hydrogen (secondary N) is 1. The number of furan rings is 1. The lowest BCUT2D eigenvalue weighted by Gasteiger charge is -2.28. The molecule has 1 aliphatic rings. The fraction of sp³-hybridized carbons (Fsp3) is 0.556. The summed E-state index contributed by atoms with van der Waals surface area (Å²) in [7, 11) is 0. The smallest absolute Gasteiger partial charge is 0.305 e. The van der Waals surface area contributed by atoms with Crippen molar-refractivity contribution in [3.8, 4) is 0 Å². The van der Waals surface area contributed by atoms with E-state index in [4.69, 9.17) is 9.15 Å². The molecule has 0 spiro atoms. The number of nitrogens with zero attached hydrogens (tertiary/aromatic N) is 2. The monoisotopic (exact) mass is 379 g/mol. The second kappa shape index (κ2) is 10.3. The third-order valence-electron chi connectivity index (χ3n) is 4.08. The van der Waals surface area contributed by atoms with Gasteiger partial charge in [-0.25, -0.2) is 5.01 Å². The molecule has 9 heteroatoms. The van der Waals surface area contributed by atoms with Gasteiger partial charge in [0.1, 0.15) is 0 Å². The van der Waals surface area contributed by atoms with Crippen LogP contribution in [0.15, 0.2) is 22.8 Å². The first-order valence-corrected chi connectivity index (χ1v) is 9.11. The lowest BCUT2D eigenvalue weighted by Crippen LogP contribution is -2.48. The Bertz CT molecular complexity index is 658.